The molecule has 2 aliphatic rings. The largest absolute Gasteiger partial charge is 0.305 e. The van der Waals surface area contributed by atoms with Gasteiger partial charge in [0.05, 0.1) is 11.6 Å². The van der Waals surface area contributed by atoms with Gasteiger partial charge in [-0.1, -0.05) is 42.8 Å². The lowest BCUT2D eigenvalue weighted by Gasteiger charge is -2.26. The smallest absolute Gasteiger partial charge is 0.0998 e. The third-order valence-corrected chi connectivity index (χ3v) is 6.54. The Balaban J connectivity index is 1.44. The molecule has 2 saturated heterocycles. The molecule has 30 heavy (non-hydrogen) atoms. The number of piperidine rings is 1. The summed E-state index contributed by atoms with van der Waals surface area (Å²) in [6, 6.07) is 17.7. The number of likely N-dealkylation sites (N-methyl/N-ethyl adjacent to an activating group) is 1. The van der Waals surface area contributed by atoms with Crippen molar-refractivity contribution in [2.45, 2.75) is 38.8 Å². The number of benzene rings is 2. The summed E-state index contributed by atoms with van der Waals surface area (Å²) in [5.41, 5.74) is 5.56. The fourth-order valence-corrected chi connectivity index (χ4v) is 4.72. The van der Waals surface area contributed by atoms with E-state index < -0.39 is 0 Å². The molecule has 0 amide bonds. The molecule has 0 unspecified atom stereocenters. The van der Waals surface area contributed by atoms with Gasteiger partial charge in [0, 0.05) is 26.2 Å². The Morgan fingerprint density at radius 3 is 2.17 bits per heavy atom. The van der Waals surface area contributed by atoms with E-state index in [-0.39, 0.29) is 0 Å². The van der Waals surface area contributed by atoms with Crippen LogP contribution in [0.3, 0.4) is 0 Å². The zero-order valence-electron chi connectivity index (χ0n) is 18.3. The molecule has 2 aromatic carbocycles. The van der Waals surface area contributed by atoms with Gasteiger partial charge in [0.25, 0.3) is 0 Å². The van der Waals surface area contributed by atoms with Crippen LogP contribution in [0.2, 0.25) is 0 Å². The molecule has 0 bridgehead atoms. The molecule has 0 radical (unpaired) electrons. The summed E-state index contributed by atoms with van der Waals surface area (Å²) in [6.07, 6.45) is 5.23. The van der Waals surface area contributed by atoms with Gasteiger partial charge in [-0.2, -0.15) is 5.26 Å². The summed E-state index contributed by atoms with van der Waals surface area (Å²) in [7, 11) is 2.20. The van der Waals surface area contributed by atoms with Gasteiger partial charge < -0.3 is 4.90 Å². The molecule has 0 spiro atoms. The highest BCUT2D eigenvalue weighted by molar-refractivity contribution is 5.71. The molecule has 4 heteroatoms. The maximum absolute atomic E-state index is 9.78. The zero-order chi connectivity index (χ0) is 20.8. The molecule has 0 N–H and O–H groups in total. The van der Waals surface area contributed by atoms with Crippen LogP contribution in [0.5, 0.6) is 0 Å². The molecule has 4 rings (SSSR count). The van der Waals surface area contributed by atoms with Crippen molar-refractivity contribution in [2.24, 2.45) is 0 Å². The van der Waals surface area contributed by atoms with Crippen LogP contribution in [0.25, 0.3) is 11.1 Å². The van der Waals surface area contributed by atoms with Crippen molar-refractivity contribution in [3.05, 3.63) is 59.2 Å². The molecule has 0 saturated carbocycles. The maximum atomic E-state index is 9.78. The predicted molar refractivity (Wildman–Crippen MR) is 123 cm³/mol. The molecule has 0 atom stereocenters. The minimum Gasteiger partial charge on any atom is -0.305 e. The number of rotatable bonds is 5. The van der Waals surface area contributed by atoms with Crippen molar-refractivity contribution in [2.75, 3.05) is 46.3 Å². The van der Waals surface area contributed by atoms with Gasteiger partial charge in [0.1, 0.15) is 0 Å². The number of hydrogen-bond donors (Lipinski definition) is 0. The van der Waals surface area contributed by atoms with Crippen molar-refractivity contribution in [1.82, 2.24) is 14.7 Å². The van der Waals surface area contributed by atoms with Crippen LogP contribution in [0.4, 0.5) is 0 Å². The average Bonchev–Trinajstić information content (AvgIpc) is 2.99. The summed E-state index contributed by atoms with van der Waals surface area (Å²) in [4.78, 5) is 7.46. The highest BCUT2D eigenvalue weighted by Gasteiger charge is 2.14. The van der Waals surface area contributed by atoms with Crippen molar-refractivity contribution in [3.63, 3.8) is 0 Å². The Labute approximate surface area is 181 Å². The predicted octanol–water partition coefficient (Wildman–Crippen LogP) is 4.35. The van der Waals surface area contributed by atoms with Gasteiger partial charge in [0.2, 0.25) is 0 Å². The van der Waals surface area contributed by atoms with E-state index in [1.165, 1.54) is 56.4 Å². The lowest BCUT2D eigenvalue weighted by Crippen LogP contribution is -2.29. The quantitative estimate of drug-likeness (QED) is 0.745. The first-order chi connectivity index (χ1) is 14.7. The molecule has 158 valence electrons. The Kier molecular flexibility index (Phi) is 7.17. The lowest BCUT2D eigenvalue weighted by atomic mass is 9.97. The third-order valence-electron chi connectivity index (χ3n) is 6.54. The highest BCUT2D eigenvalue weighted by atomic mass is 15.2. The summed E-state index contributed by atoms with van der Waals surface area (Å²) in [5.74, 6) is 0. The zero-order valence-corrected chi connectivity index (χ0v) is 18.3. The van der Waals surface area contributed by atoms with Crippen LogP contribution in [-0.4, -0.2) is 61.0 Å². The van der Waals surface area contributed by atoms with Crippen LogP contribution >= 0.6 is 0 Å². The molecule has 0 aromatic heterocycles. The fraction of sp³-hybridized carbons (Fsp3) is 0.500. The van der Waals surface area contributed by atoms with E-state index in [9.17, 15) is 5.26 Å². The van der Waals surface area contributed by atoms with Gasteiger partial charge in [-0.3, -0.25) is 9.80 Å². The molecule has 4 nitrogen and oxygen atoms in total. The summed E-state index contributed by atoms with van der Waals surface area (Å²) in [5, 5.41) is 9.78. The van der Waals surface area contributed by atoms with Crippen LogP contribution in [0.1, 0.15) is 42.4 Å². The second-order valence-electron chi connectivity index (χ2n) is 8.96. The molecule has 2 heterocycles. The first kappa shape index (κ1) is 21.1. The molecule has 2 aromatic rings. The first-order valence-electron chi connectivity index (χ1n) is 11.5. The second kappa shape index (κ2) is 10.2. The average molecular weight is 403 g/mol. The van der Waals surface area contributed by atoms with E-state index in [0.717, 1.165) is 49.4 Å². The second-order valence-corrected chi connectivity index (χ2v) is 8.96. The topological polar surface area (TPSA) is 33.5 Å². The molecular formula is C26H34N4. The Bertz CT molecular complexity index is 862. The molecule has 0 aliphatic carbocycles. The highest BCUT2D eigenvalue weighted by Crippen LogP contribution is 2.26. The fourth-order valence-electron chi connectivity index (χ4n) is 4.72. The summed E-state index contributed by atoms with van der Waals surface area (Å²) in [6.45, 7) is 8.92. The molecular weight excluding hydrogens is 368 g/mol. The van der Waals surface area contributed by atoms with Gasteiger partial charge >= 0.3 is 0 Å². The Hall–Kier alpha value is -2.19. The monoisotopic (exact) mass is 402 g/mol. The minimum absolute atomic E-state index is 0.781. The van der Waals surface area contributed by atoms with Gasteiger partial charge in [0.15, 0.2) is 0 Å². The molecule has 2 fully saturated rings. The van der Waals surface area contributed by atoms with Gasteiger partial charge in [-0.05, 0) is 80.8 Å². The number of nitriles is 1. The summed E-state index contributed by atoms with van der Waals surface area (Å²) >= 11 is 0. The SMILES string of the molecule is CN1CCCN(Cc2ccc(-c3ccc(CN4CCCCC4)cc3)c(C#N)c2)CC1. The number of hydrogen-bond acceptors (Lipinski definition) is 4. The van der Waals surface area contributed by atoms with Crippen molar-refractivity contribution in [3.8, 4) is 17.2 Å². The maximum Gasteiger partial charge on any atom is 0.0998 e. The third kappa shape index (κ3) is 5.49. The molecule has 2 aliphatic heterocycles. The van der Waals surface area contributed by atoms with E-state index in [4.69, 9.17) is 0 Å². The summed E-state index contributed by atoms with van der Waals surface area (Å²) < 4.78 is 0. The number of likely N-dealkylation sites (tertiary alicyclic amines) is 1. The van der Waals surface area contributed by atoms with E-state index in [1.807, 2.05) is 0 Å². The Morgan fingerprint density at radius 2 is 1.40 bits per heavy atom. The van der Waals surface area contributed by atoms with Gasteiger partial charge in [-0.15, -0.1) is 0 Å². The number of nitrogens with zero attached hydrogens (tertiary/aromatic N) is 4. The van der Waals surface area contributed by atoms with E-state index in [1.54, 1.807) is 0 Å². The standard InChI is InChI=1S/C26H34N4/c1-28-12-5-15-30(17-16-28)21-23-8-11-26(25(18-23)19-27)24-9-6-22(7-10-24)20-29-13-3-2-4-14-29/h6-11,18H,2-5,12-17,20-21H2,1H3. The van der Waals surface area contributed by atoms with Crippen molar-refractivity contribution >= 4 is 0 Å². The Morgan fingerprint density at radius 1 is 0.733 bits per heavy atom. The van der Waals surface area contributed by atoms with Crippen molar-refractivity contribution in [1.29, 1.82) is 5.26 Å². The van der Waals surface area contributed by atoms with E-state index in [2.05, 4.69) is 70.3 Å². The van der Waals surface area contributed by atoms with Crippen LogP contribution in [0.15, 0.2) is 42.5 Å². The van der Waals surface area contributed by atoms with E-state index >= 15 is 0 Å². The van der Waals surface area contributed by atoms with E-state index in [0.29, 0.717) is 0 Å². The normalized spacial score (nSPS) is 19.3. The minimum atomic E-state index is 0.781. The van der Waals surface area contributed by atoms with Gasteiger partial charge in [-0.25, -0.2) is 0 Å². The van der Waals surface area contributed by atoms with Crippen LogP contribution < -0.4 is 0 Å². The lowest BCUT2D eigenvalue weighted by molar-refractivity contribution is 0.221. The van der Waals surface area contributed by atoms with Crippen LogP contribution in [-0.2, 0) is 13.1 Å². The first-order valence-corrected chi connectivity index (χ1v) is 11.5. The van der Waals surface area contributed by atoms with Crippen LogP contribution in [0, 0.1) is 11.3 Å². The van der Waals surface area contributed by atoms with Crippen molar-refractivity contribution < 1.29 is 0 Å².